The van der Waals surface area contributed by atoms with Gasteiger partial charge in [-0.25, -0.2) is 19.5 Å². The molecular formula is C24H30ClN6O8P. The molecule has 216 valence electrons. The summed E-state index contributed by atoms with van der Waals surface area (Å²) in [7, 11) is -1.35. The largest absolute Gasteiger partial charge is 0.468 e. The van der Waals surface area contributed by atoms with Crippen LogP contribution in [0.4, 0.5) is 5.82 Å². The van der Waals surface area contributed by atoms with Crippen molar-refractivity contribution in [1.82, 2.24) is 24.6 Å². The number of esters is 1. The van der Waals surface area contributed by atoms with Crippen molar-refractivity contribution >= 4 is 42.3 Å². The molecule has 3 heterocycles. The zero-order valence-corrected chi connectivity index (χ0v) is 23.6. The van der Waals surface area contributed by atoms with Crippen molar-refractivity contribution in [1.29, 1.82) is 0 Å². The predicted octanol–water partition coefficient (Wildman–Crippen LogP) is 2.42. The molecule has 3 unspecified atom stereocenters. The molecule has 1 aliphatic heterocycles. The van der Waals surface area contributed by atoms with Crippen molar-refractivity contribution in [2.75, 3.05) is 26.1 Å². The Morgan fingerprint density at radius 1 is 1.27 bits per heavy atom. The highest BCUT2D eigenvalue weighted by atomic mass is 35.5. The lowest BCUT2D eigenvalue weighted by Gasteiger charge is -2.41. The van der Waals surface area contributed by atoms with Gasteiger partial charge in [0.05, 0.1) is 20.0 Å². The number of fused-ring (bicyclic) bond motifs is 1. The van der Waals surface area contributed by atoms with Crippen molar-refractivity contribution in [2.45, 2.75) is 55.8 Å². The van der Waals surface area contributed by atoms with Crippen LogP contribution in [0.2, 0.25) is 5.02 Å². The lowest BCUT2D eigenvalue weighted by atomic mass is 9.78. The minimum absolute atomic E-state index is 0.169. The Balaban J connectivity index is 1.39. The Bertz CT molecular complexity index is 1430. The van der Waals surface area contributed by atoms with Crippen LogP contribution in [0.1, 0.15) is 32.4 Å². The number of aromatic nitrogens is 4. The van der Waals surface area contributed by atoms with Gasteiger partial charge in [-0.1, -0.05) is 11.6 Å². The van der Waals surface area contributed by atoms with Crippen LogP contribution in [0.25, 0.3) is 11.2 Å². The first-order valence-electron chi connectivity index (χ1n) is 12.5. The summed E-state index contributed by atoms with van der Waals surface area (Å²) in [5.74, 6) is 0.0447. The maximum absolute atomic E-state index is 14.0. The molecular weight excluding hydrogens is 567 g/mol. The molecule has 1 saturated carbocycles. The molecule has 0 amide bonds. The number of ether oxygens (including phenoxy) is 2. The highest BCUT2D eigenvalue weighted by Gasteiger charge is 2.55. The van der Waals surface area contributed by atoms with Gasteiger partial charge in [0, 0.05) is 12.1 Å². The Hall–Kier alpha value is -2.84. The fourth-order valence-electron chi connectivity index (χ4n) is 4.82. The zero-order chi connectivity index (χ0) is 28.7. The summed E-state index contributed by atoms with van der Waals surface area (Å²) in [5, 5.41) is 28.4. The van der Waals surface area contributed by atoms with Crippen LogP contribution in [-0.2, 0) is 23.4 Å². The van der Waals surface area contributed by atoms with Gasteiger partial charge in [-0.3, -0.25) is 13.9 Å². The summed E-state index contributed by atoms with van der Waals surface area (Å²) < 4.78 is 37.9. The average Bonchev–Trinajstić information content (AvgIpc) is 3.44. The first-order valence-corrected chi connectivity index (χ1v) is 14.4. The van der Waals surface area contributed by atoms with Crippen LogP contribution >= 0.6 is 19.3 Å². The minimum Gasteiger partial charge on any atom is -0.468 e. The van der Waals surface area contributed by atoms with Gasteiger partial charge >= 0.3 is 13.7 Å². The number of methoxy groups -OCH3 is 1. The molecule has 5 rings (SSSR count). The Morgan fingerprint density at radius 3 is 2.62 bits per heavy atom. The molecule has 0 bridgehead atoms. The van der Waals surface area contributed by atoms with E-state index in [1.165, 1.54) is 43.4 Å². The number of benzene rings is 1. The molecule has 1 saturated heterocycles. The number of rotatable bonds is 10. The zero-order valence-electron chi connectivity index (χ0n) is 22.0. The van der Waals surface area contributed by atoms with E-state index < -0.39 is 49.9 Å². The van der Waals surface area contributed by atoms with E-state index in [2.05, 4.69) is 25.4 Å². The molecule has 4 N–H and O–H groups in total. The first-order chi connectivity index (χ1) is 19.0. The molecule has 1 aromatic carbocycles. The van der Waals surface area contributed by atoms with Gasteiger partial charge in [0.2, 0.25) is 0 Å². The summed E-state index contributed by atoms with van der Waals surface area (Å²) in [4.78, 5) is 25.2. The summed E-state index contributed by atoms with van der Waals surface area (Å²) in [6.07, 6.45) is 0.433. The van der Waals surface area contributed by atoms with E-state index in [9.17, 15) is 19.6 Å². The normalized spacial score (nSPS) is 27.1. The van der Waals surface area contributed by atoms with Gasteiger partial charge in [-0.2, -0.15) is 5.09 Å². The molecule has 2 aromatic heterocycles. The van der Waals surface area contributed by atoms with Crippen LogP contribution in [-0.4, -0.2) is 79.8 Å². The highest BCUT2D eigenvalue weighted by Crippen LogP contribution is 2.51. The highest BCUT2D eigenvalue weighted by molar-refractivity contribution is 7.52. The number of carbonyl (C=O) groups excluding carboxylic acids is 1. The Labute approximate surface area is 234 Å². The predicted molar refractivity (Wildman–Crippen MR) is 143 cm³/mol. The van der Waals surface area contributed by atoms with E-state index in [4.69, 9.17) is 30.1 Å². The second kappa shape index (κ2) is 10.9. The summed E-state index contributed by atoms with van der Waals surface area (Å²) in [5.41, 5.74) is -2.28. The molecule has 40 heavy (non-hydrogen) atoms. The van der Waals surface area contributed by atoms with Crippen LogP contribution in [0.3, 0.4) is 0 Å². The number of aliphatic hydroxyl groups is 2. The number of aliphatic hydroxyl groups excluding tert-OH is 1. The summed E-state index contributed by atoms with van der Waals surface area (Å²) >= 11 is 5.96. The molecule has 1 aliphatic carbocycles. The van der Waals surface area contributed by atoms with Crippen LogP contribution < -0.4 is 14.9 Å². The molecule has 0 radical (unpaired) electrons. The number of hydrogen-bond acceptors (Lipinski definition) is 12. The first kappa shape index (κ1) is 28.7. The molecule has 2 aliphatic rings. The number of nitrogens with zero attached hydrogens (tertiary/aromatic N) is 4. The SMILES string of the molecule is CNc1ncnc2c1ncn2C1OC(COP(=O)(NC2(C(=O)OC)CCC2)Oc2ccc(Cl)cc2)[C@@H](O)[C@@]1(C)O. The number of halogens is 1. The lowest BCUT2D eigenvalue weighted by Crippen LogP contribution is -2.57. The van der Waals surface area contributed by atoms with Crippen LogP contribution in [0, 0.1) is 0 Å². The van der Waals surface area contributed by atoms with Gasteiger partial charge in [0.1, 0.15) is 40.9 Å². The smallest absolute Gasteiger partial charge is 0.459 e. The van der Waals surface area contributed by atoms with Crippen molar-refractivity contribution in [3.8, 4) is 5.75 Å². The summed E-state index contributed by atoms with van der Waals surface area (Å²) in [6, 6.07) is 6.09. The maximum atomic E-state index is 14.0. The molecule has 14 nitrogen and oxygen atoms in total. The number of carbonyl (C=O) groups is 1. The van der Waals surface area contributed by atoms with E-state index in [1.54, 1.807) is 19.2 Å². The topological polar surface area (TPSA) is 179 Å². The van der Waals surface area contributed by atoms with E-state index in [-0.39, 0.29) is 5.75 Å². The van der Waals surface area contributed by atoms with E-state index in [1.807, 2.05) is 0 Å². The van der Waals surface area contributed by atoms with Gasteiger partial charge in [0.15, 0.2) is 17.7 Å². The minimum atomic E-state index is -4.28. The average molecular weight is 597 g/mol. The van der Waals surface area contributed by atoms with Crippen LogP contribution in [0.5, 0.6) is 5.75 Å². The maximum Gasteiger partial charge on any atom is 0.459 e. The van der Waals surface area contributed by atoms with E-state index in [0.717, 1.165) is 0 Å². The molecule has 2 fully saturated rings. The Morgan fingerprint density at radius 2 is 2.00 bits per heavy atom. The number of anilines is 1. The second-order valence-electron chi connectivity index (χ2n) is 9.87. The lowest BCUT2D eigenvalue weighted by molar-refractivity contribution is -0.151. The van der Waals surface area contributed by atoms with E-state index >= 15 is 0 Å². The fraction of sp³-hybridized carbons (Fsp3) is 0.500. The third-order valence-corrected chi connectivity index (χ3v) is 9.08. The van der Waals surface area contributed by atoms with Gasteiger partial charge < -0.3 is 29.5 Å². The number of hydrogen-bond donors (Lipinski definition) is 4. The summed E-state index contributed by atoms with van der Waals surface area (Å²) in [6.45, 7) is 0.934. The third kappa shape index (κ3) is 5.16. The van der Waals surface area contributed by atoms with Crippen molar-refractivity contribution in [2.24, 2.45) is 0 Å². The number of nitrogens with one attached hydrogen (secondary N) is 2. The molecule has 16 heteroatoms. The monoisotopic (exact) mass is 596 g/mol. The Kier molecular flexibility index (Phi) is 7.79. The third-order valence-electron chi connectivity index (χ3n) is 7.19. The van der Waals surface area contributed by atoms with E-state index in [0.29, 0.717) is 41.3 Å². The quantitative estimate of drug-likeness (QED) is 0.198. The van der Waals surface area contributed by atoms with Crippen molar-refractivity contribution < 1.29 is 38.1 Å². The van der Waals surface area contributed by atoms with Crippen LogP contribution in [0.15, 0.2) is 36.9 Å². The van der Waals surface area contributed by atoms with Gasteiger partial charge in [-0.05, 0) is 50.5 Å². The van der Waals surface area contributed by atoms with Gasteiger partial charge in [0.25, 0.3) is 0 Å². The van der Waals surface area contributed by atoms with Crippen molar-refractivity contribution in [3.05, 3.63) is 41.9 Å². The number of imidazole rings is 1. The van der Waals surface area contributed by atoms with Gasteiger partial charge in [-0.15, -0.1) is 0 Å². The molecule has 3 aromatic rings. The standard InChI is InChI=1S/C24H30ClN6O8P/c1-23(34)18(32)16(38-21(23)31-13-29-17-19(26-2)27-12-28-20(17)31)11-37-40(35,39-15-7-5-14(25)6-8-15)30-24(9-4-10-24)22(33)36-3/h5-8,12-13,16,18,21,32,34H,4,9-11H2,1-3H3,(H,30,35)(H,26,27,28)/t16?,18-,21?,23-,40?/m1/s1. The molecule has 5 atom stereocenters. The fourth-order valence-corrected chi connectivity index (χ4v) is 6.69. The second-order valence-corrected chi connectivity index (χ2v) is 12.0. The van der Waals surface area contributed by atoms with Crippen molar-refractivity contribution in [3.63, 3.8) is 0 Å². The molecule has 0 spiro atoms.